The van der Waals surface area contributed by atoms with Crippen molar-refractivity contribution in [3.05, 3.63) is 0 Å². The van der Waals surface area contributed by atoms with Crippen LogP contribution < -0.4 is 5.73 Å². The fourth-order valence-corrected chi connectivity index (χ4v) is 3.97. The van der Waals surface area contributed by atoms with Gasteiger partial charge >= 0.3 is 0 Å². The summed E-state index contributed by atoms with van der Waals surface area (Å²) in [7, 11) is 0. The van der Waals surface area contributed by atoms with E-state index in [0.29, 0.717) is 5.54 Å². The van der Waals surface area contributed by atoms with Crippen molar-refractivity contribution in [2.75, 3.05) is 19.6 Å². The summed E-state index contributed by atoms with van der Waals surface area (Å²) in [4.78, 5) is 2.78. The SMILES string of the molecule is CCCC1CCC(CN)(N(CCC)CC2CC2)CC1. The molecule has 2 heteroatoms. The largest absolute Gasteiger partial charge is 0.329 e. The molecule has 2 rings (SSSR count). The zero-order valence-electron chi connectivity index (χ0n) is 13.2. The molecule has 2 aliphatic carbocycles. The van der Waals surface area contributed by atoms with Crippen molar-refractivity contribution in [3.63, 3.8) is 0 Å². The summed E-state index contributed by atoms with van der Waals surface area (Å²) < 4.78 is 0. The third-order valence-electron chi connectivity index (χ3n) is 5.45. The Labute approximate surface area is 120 Å². The van der Waals surface area contributed by atoms with Gasteiger partial charge in [-0.25, -0.2) is 0 Å². The Hall–Kier alpha value is -0.0800. The number of nitrogens with two attached hydrogens (primary N) is 1. The summed E-state index contributed by atoms with van der Waals surface area (Å²) in [6, 6.07) is 0. The van der Waals surface area contributed by atoms with Crippen LogP contribution in [0.2, 0.25) is 0 Å². The maximum Gasteiger partial charge on any atom is 0.0332 e. The van der Waals surface area contributed by atoms with Crippen LogP contribution in [0.4, 0.5) is 0 Å². The van der Waals surface area contributed by atoms with Crippen molar-refractivity contribution in [1.82, 2.24) is 4.90 Å². The summed E-state index contributed by atoms with van der Waals surface area (Å²) in [6.45, 7) is 8.09. The first-order valence-electron chi connectivity index (χ1n) is 8.69. The van der Waals surface area contributed by atoms with Gasteiger partial charge in [0.25, 0.3) is 0 Å². The van der Waals surface area contributed by atoms with E-state index in [1.807, 2.05) is 0 Å². The quantitative estimate of drug-likeness (QED) is 0.724. The lowest BCUT2D eigenvalue weighted by Crippen LogP contribution is -2.56. The molecule has 0 amide bonds. The van der Waals surface area contributed by atoms with Crippen LogP contribution in [0.25, 0.3) is 0 Å². The Bertz CT molecular complexity index is 252. The third-order valence-corrected chi connectivity index (χ3v) is 5.45. The molecule has 0 bridgehead atoms. The minimum Gasteiger partial charge on any atom is -0.329 e. The van der Waals surface area contributed by atoms with E-state index in [1.165, 1.54) is 70.9 Å². The lowest BCUT2D eigenvalue weighted by Gasteiger charge is -2.48. The molecule has 0 saturated heterocycles. The molecule has 112 valence electrons. The average Bonchev–Trinajstić information content (AvgIpc) is 3.24. The smallest absolute Gasteiger partial charge is 0.0332 e. The summed E-state index contributed by atoms with van der Waals surface area (Å²) in [6.07, 6.45) is 12.5. The monoisotopic (exact) mass is 266 g/mol. The van der Waals surface area contributed by atoms with Crippen LogP contribution >= 0.6 is 0 Å². The minimum atomic E-state index is 0.350. The molecule has 0 aromatic heterocycles. The highest BCUT2D eigenvalue weighted by Gasteiger charge is 2.40. The number of nitrogens with zero attached hydrogens (tertiary/aromatic N) is 1. The van der Waals surface area contributed by atoms with Gasteiger partial charge in [0.1, 0.15) is 0 Å². The second-order valence-electron chi connectivity index (χ2n) is 7.05. The molecule has 0 aromatic carbocycles. The first-order chi connectivity index (χ1) is 9.24. The van der Waals surface area contributed by atoms with Crippen molar-refractivity contribution in [1.29, 1.82) is 0 Å². The van der Waals surface area contributed by atoms with Gasteiger partial charge in [-0.05, 0) is 63.3 Å². The zero-order valence-corrected chi connectivity index (χ0v) is 13.2. The van der Waals surface area contributed by atoms with E-state index < -0.39 is 0 Å². The van der Waals surface area contributed by atoms with Crippen LogP contribution in [-0.4, -0.2) is 30.1 Å². The van der Waals surface area contributed by atoms with Crippen molar-refractivity contribution in [2.45, 2.75) is 77.2 Å². The van der Waals surface area contributed by atoms with E-state index in [0.717, 1.165) is 18.4 Å². The second kappa shape index (κ2) is 7.08. The molecule has 0 spiro atoms. The van der Waals surface area contributed by atoms with Crippen molar-refractivity contribution in [2.24, 2.45) is 17.6 Å². The second-order valence-corrected chi connectivity index (χ2v) is 7.05. The van der Waals surface area contributed by atoms with Crippen LogP contribution in [0.15, 0.2) is 0 Å². The van der Waals surface area contributed by atoms with Gasteiger partial charge in [0.15, 0.2) is 0 Å². The summed E-state index contributed by atoms with van der Waals surface area (Å²) in [5, 5.41) is 0. The zero-order chi connectivity index (χ0) is 13.7. The molecule has 0 unspecified atom stereocenters. The van der Waals surface area contributed by atoms with E-state index in [2.05, 4.69) is 18.7 Å². The number of hydrogen-bond acceptors (Lipinski definition) is 2. The van der Waals surface area contributed by atoms with E-state index in [9.17, 15) is 0 Å². The third kappa shape index (κ3) is 3.95. The van der Waals surface area contributed by atoms with Crippen LogP contribution in [0.1, 0.15) is 71.6 Å². The van der Waals surface area contributed by atoms with Gasteiger partial charge in [-0.1, -0.05) is 26.7 Å². The van der Waals surface area contributed by atoms with Crippen LogP contribution in [-0.2, 0) is 0 Å². The molecule has 0 heterocycles. The first-order valence-corrected chi connectivity index (χ1v) is 8.69. The van der Waals surface area contributed by atoms with Crippen LogP contribution in [0, 0.1) is 11.8 Å². The molecule has 2 aliphatic rings. The first kappa shape index (κ1) is 15.3. The Balaban J connectivity index is 1.95. The van der Waals surface area contributed by atoms with Gasteiger partial charge < -0.3 is 5.73 Å². The molecular formula is C17H34N2. The van der Waals surface area contributed by atoms with Crippen molar-refractivity contribution in [3.8, 4) is 0 Å². The van der Waals surface area contributed by atoms with Gasteiger partial charge in [-0.3, -0.25) is 4.90 Å². The number of rotatable bonds is 8. The Morgan fingerprint density at radius 2 is 1.68 bits per heavy atom. The molecule has 0 aromatic rings. The maximum atomic E-state index is 6.24. The summed E-state index contributed by atoms with van der Waals surface area (Å²) in [5.41, 5.74) is 6.59. The normalized spacial score (nSPS) is 31.9. The lowest BCUT2D eigenvalue weighted by atomic mass is 9.74. The Kier molecular flexibility index (Phi) is 5.70. The van der Waals surface area contributed by atoms with Crippen molar-refractivity contribution < 1.29 is 0 Å². The van der Waals surface area contributed by atoms with E-state index in [4.69, 9.17) is 5.73 Å². The highest BCUT2D eigenvalue weighted by Crippen LogP contribution is 2.40. The maximum absolute atomic E-state index is 6.24. The van der Waals surface area contributed by atoms with Gasteiger partial charge in [0.05, 0.1) is 0 Å². The molecule has 0 radical (unpaired) electrons. The Morgan fingerprint density at radius 3 is 2.16 bits per heavy atom. The topological polar surface area (TPSA) is 29.3 Å². The van der Waals surface area contributed by atoms with Gasteiger partial charge in [-0.2, -0.15) is 0 Å². The van der Waals surface area contributed by atoms with E-state index in [-0.39, 0.29) is 0 Å². The van der Waals surface area contributed by atoms with E-state index >= 15 is 0 Å². The van der Waals surface area contributed by atoms with Gasteiger partial charge in [0, 0.05) is 18.6 Å². The predicted molar refractivity (Wildman–Crippen MR) is 83.2 cm³/mol. The molecule has 2 saturated carbocycles. The fourth-order valence-electron chi connectivity index (χ4n) is 3.97. The molecule has 0 aliphatic heterocycles. The van der Waals surface area contributed by atoms with E-state index in [1.54, 1.807) is 0 Å². The molecule has 2 nitrogen and oxygen atoms in total. The number of hydrogen-bond donors (Lipinski definition) is 1. The van der Waals surface area contributed by atoms with Crippen LogP contribution in [0.5, 0.6) is 0 Å². The molecule has 2 N–H and O–H groups in total. The highest BCUT2D eigenvalue weighted by atomic mass is 15.2. The minimum absolute atomic E-state index is 0.350. The average molecular weight is 266 g/mol. The predicted octanol–water partition coefficient (Wildman–Crippen LogP) is 3.80. The standard InChI is InChI=1S/C17H34N2/c1-3-5-15-8-10-17(14-18,11-9-15)19(12-4-2)13-16-6-7-16/h15-16H,3-14,18H2,1-2H3. The fraction of sp³-hybridized carbons (Fsp3) is 1.00. The van der Waals surface area contributed by atoms with Crippen molar-refractivity contribution >= 4 is 0 Å². The lowest BCUT2D eigenvalue weighted by molar-refractivity contribution is 0.0367. The van der Waals surface area contributed by atoms with Gasteiger partial charge in [0.2, 0.25) is 0 Å². The molecule has 0 atom stereocenters. The molecular weight excluding hydrogens is 232 g/mol. The summed E-state index contributed by atoms with van der Waals surface area (Å²) in [5.74, 6) is 1.97. The molecule has 19 heavy (non-hydrogen) atoms. The summed E-state index contributed by atoms with van der Waals surface area (Å²) >= 11 is 0. The van der Waals surface area contributed by atoms with Gasteiger partial charge in [-0.15, -0.1) is 0 Å². The highest BCUT2D eigenvalue weighted by molar-refractivity contribution is 4.97. The van der Waals surface area contributed by atoms with Crippen LogP contribution in [0.3, 0.4) is 0 Å². The Morgan fingerprint density at radius 1 is 1.00 bits per heavy atom. The molecule has 2 fully saturated rings.